The van der Waals surface area contributed by atoms with Gasteiger partial charge in [-0.1, -0.05) is 42.5 Å². The van der Waals surface area contributed by atoms with E-state index < -0.39 is 5.91 Å². The molecule has 4 nitrogen and oxygen atoms in total. The van der Waals surface area contributed by atoms with Gasteiger partial charge in [0.1, 0.15) is 0 Å². The summed E-state index contributed by atoms with van der Waals surface area (Å²) in [5, 5.41) is 8.98. The van der Waals surface area contributed by atoms with Crippen LogP contribution in [0.5, 0.6) is 0 Å². The number of benzene rings is 2. The van der Waals surface area contributed by atoms with E-state index in [0.717, 1.165) is 28.1 Å². The molecule has 2 N–H and O–H groups in total. The lowest BCUT2D eigenvalue weighted by molar-refractivity contribution is 0.1000. The minimum atomic E-state index is -0.438. The zero-order chi connectivity index (χ0) is 18.0. The van der Waals surface area contributed by atoms with Gasteiger partial charge in [-0.25, -0.2) is 0 Å². The molecule has 1 amide bonds. The van der Waals surface area contributed by atoms with Gasteiger partial charge in [0.2, 0.25) is 0 Å². The molecule has 0 atom stereocenters. The third-order valence-electron chi connectivity index (χ3n) is 4.52. The fraction of sp³-hybridized carbons (Fsp3) is 0.143. The van der Waals surface area contributed by atoms with E-state index in [1.54, 1.807) is 12.1 Å². The molecule has 0 bridgehead atoms. The van der Waals surface area contributed by atoms with E-state index in [1.165, 1.54) is 0 Å². The minimum absolute atomic E-state index is 0.438. The maximum atomic E-state index is 12.1. The monoisotopic (exact) mass is 329 g/mol. The van der Waals surface area contributed by atoms with Gasteiger partial charge in [-0.3, -0.25) is 4.79 Å². The Kier molecular flexibility index (Phi) is 4.40. The highest BCUT2D eigenvalue weighted by Gasteiger charge is 2.22. The summed E-state index contributed by atoms with van der Waals surface area (Å²) >= 11 is 0. The van der Waals surface area contributed by atoms with Gasteiger partial charge < -0.3 is 10.3 Å². The van der Waals surface area contributed by atoms with Crippen molar-refractivity contribution in [2.75, 3.05) is 0 Å². The minimum Gasteiger partial charge on any atom is -0.366 e. The Morgan fingerprint density at radius 3 is 2.24 bits per heavy atom. The average molecular weight is 329 g/mol. The van der Waals surface area contributed by atoms with Crippen LogP contribution in [0.2, 0.25) is 0 Å². The summed E-state index contributed by atoms with van der Waals surface area (Å²) in [5.74, 6) is -0.438. The molecule has 0 radical (unpaired) electrons. The van der Waals surface area contributed by atoms with Crippen LogP contribution in [-0.2, 0) is 6.54 Å². The van der Waals surface area contributed by atoms with Crippen molar-refractivity contribution >= 4 is 5.91 Å². The second-order valence-electron chi connectivity index (χ2n) is 6.05. The van der Waals surface area contributed by atoms with Gasteiger partial charge >= 0.3 is 0 Å². The molecule has 0 saturated heterocycles. The maximum absolute atomic E-state index is 12.1. The van der Waals surface area contributed by atoms with Crippen LogP contribution in [-0.4, -0.2) is 10.5 Å². The molecule has 2 aromatic carbocycles. The molecule has 0 fully saturated rings. The van der Waals surface area contributed by atoms with Crippen LogP contribution in [0.3, 0.4) is 0 Å². The third kappa shape index (κ3) is 3.05. The Bertz CT molecular complexity index is 961. The lowest BCUT2D eigenvalue weighted by atomic mass is 9.99. The predicted molar refractivity (Wildman–Crippen MR) is 98.1 cm³/mol. The fourth-order valence-corrected chi connectivity index (χ4v) is 3.25. The van der Waals surface area contributed by atoms with Gasteiger partial charge in [-0.2, -0.15) is 5.26 Å². The van der Waals surface area contributed by atoms with Crippen molar-refractivity contribution in [1.29, 1.82) is 5.26 Å². The number of hydrogen-bond donors (Lipinski definition) is 1. The van der Waals surface area contributed by atoms with Crippen molar-refractivity contribution in [3.8, 4) is 17.2 Å². The summed E-state index contributed by atoms with van der Waals surface area (Å²) in [6.07, 6.45) is 0. The Morgan fingerprint density at radius 1 is 1.04 bits per heavy atom. The van der Waals surface area contributed by atoms with Gasteiger partial charge in [0.25, 0.3) is 5.91 Å². The summed E-state index contributed by atoms with van der Waals surface area (Å²) in [6.45, 7) is 4.59. The highest BCUT2D eigenvalue weighted by atomic mass is 16.1. The lowest BCUT2D eigenvalue weighted by Crippen LogP contribution is -2.13. The van der Waals surface area contributed by atoms with Crippen molar-refractivity contribution in [1.82, 2.24) is 4.57 Å². The van der Waals surface area contributed by atoms with E-state index in [0.29, 0.717) is 17.7 Å². The Balaban J connectivity index is 2.16. The zero-order valence-electron chi connectivity index (χ0n) is 14.3. The Morgan fingerprint density at radius 2 is 1.68 bits per heavy atom. The SMILES string of the molecule is Cc1c(C(N)=O)c(-c2ccc(C#N)cc2)c(C)n1Cc1ccccc1. The van der Waals surface area contributed by atoms with Gasteiger partial charge in [0, 0.05) is 23.5 Å². The first-order valence-corrected chi connectivity index (χ1v) is 8.07. The van der Waals surface area contributed by atoms with E-state index in [2.05, 4.69) is 22.8 Å². The average Bonchev–Trinajstić information content (AvgIpc) is 2.87. The van der Waals surface area contributed by atoms with Crippen LogP contribution in [0.1, 0.15) is 32.9 Å². The first-order valence-electron chi connectivity index (χ1n) is 8.07. The molecule has 25 heavy (non-hydrogen) atoms. The first-order chi connectivity index (χ1) is 12.0. The molecular formula is C21H19N3O. The standard InChI is InChI=1S/C21H19N3O/c1-14-19(18-10-8-16(12-22)9-11-18)20(21(23)25)15(2)24(14)13-17-6-4-3-5-7-17/h3-11H,13H2,1-2H3,(H2,23,25). The molecule has 0 aliphatic carbocycles. The maximum Gasteiger partial charge on any atom is 0.251 e. The summed E-state index contributed by atoms with van der Waals surface area (Å²) in [4.78, 5) is 12.1. The number of nitrogens with zero attached hydrogens (tertiary/aromatic N) is 2. The van der Waals surface area contributed by atoms with Crippen LogP contribution < -0.4 is 5.73 Å². The first kappa shape index (κ1) is 16.5. The van der Waals surface area contributed by atoms with E-state index in [9.17, 15) is 4.79 Å². The highest BCUT2D eigenvalue weighted by molar-refractivity contribution is 6.02. The van der Waals surface area contributed by atoms with Crippen molar-refractivity contribution < 1.29 is 4.79 Å². The van der Waals surface area contributed by atoms with Gasteiger partial charge in [0.15, 0.2) is 0 Å². The van der Waals surface area contributed by atoms with E-state index in [-0.39, 0.29) is 0 Å². The molecule has 0 aliphatic rings. The van der Waals surface area contributed by atoms with Gasteiger partial charge in [-0.05, 0) is 37.1 Å². The van der Waals surface area contributed by atoms with E-state index in [4.69, 9.17) is 11.0 Å². The normalized spacial score (nSPS) is 10.4. The number of rotatable bonds is 4. The number of nitrogens with two attached hydrogens (primary N) is 1. The van der Waals surface area contributed by atoms with Crippen molar-refractivity contribution in [3.63, 3.8) is 0 Å². The molecule has 124 valence electrons. The number of amides is 1. The Hall–Kier alpha value is -3.32. The molecule has 0 unspecified atom stereocenters. The molecule has 0 spiro atoms. The van der Waals surface area contributed by atoms with Crippen molar-refractivity contribution in [2.45, 2.75) is 20.4 Å². The number of aromatic nitrogens is 1. The second kappa shape index (κ2) is 6.66. The number of hydrogen-bond acceptors (Lipinski definition) is 2. The molecular weight excluding hydrogens is 310 g/mol. The Labute approximate surface area is 147 Å². The summed E-state index contributed by atoms with van der Waals surface area (Å²) in [7, 11) is 0. The van der Waals surface area contributed by atoms with E-state index in [1.807, 2.05) is 44.2 Å². The predicted octanol–water partition coefficient (Wildman–Crippen LogP) is 3.79. The van der Waals surface area contributed by atoms with E-state index >= 15 is 0 Å². The summed E-state index contributed by atoms with van der Waals surface area (Å²) < 4.78 is 2.11. The summed E-state index contributed by atoms with van der Waals surface area (Å²) in [6, 6.07) is 19.4. The van der Waals surface area contributed by atoms with Crippen molar-refractivity contribution in [2.24, 2.45) is 5.73 Å². The quantitative estimate of drug-likeness (QED) is 0.791. The van der Waals surface area contributed by atoms with Crippen LogP contribution in [0.15, 0.2) is 54.6 Å². The number of nitriles is 1. The van der Waals surface area contributed by atoms with Crippen LogP contribution >= 0.6 is 0 Å². The topological polar surface area (TPSA) is 71.8 Å². The van der Waals surface area contributed by atoms with Crippen LogP contribution in [0, 0.1) is 25.2 Å². The number of primary amides is 1. The lowest BCUT2D eigenvalue weighted by Gasteiger charge is -2.10. The molecule has 0 aliphatic heterocycles. The highest BCUT2D eigenvalue weighted by Crippen LogP contribution is 2.33. The van der Waals surface area contributed by atoms with Crippen molar-refractivity contribution in [3.05, 3.63) is 82.7 Å². The third-order valence-corrected chi connectivity index (χ3v) is 4.52. The van der Waals surface area contributed by atoms with Crippen LogP contribution in [0.25, 0.3) is 11.1 Å². The van der Waals surface area contributed by atoms with Gasteiger partial charge in [0.05, 0.1) is 17.2 Å². The molecule has 0 saturated carbocycles. The number of carbonyl (C=O) groups excluding carboxylic acids is 1. The molecule has 4 heteroatoms. The number of carbonyl (C=O) groups is 1. The zero-order valence-corrected chi connectivity index (χ0v) is 14.3. The second-order valence-corrected chi connectivity index (χ2v) is 6.05. The fourth-order valence-electron chi connectivity index (χ4n) is 3.25. The smallest absolute Gasteiger partial charge is 0.251 e. The largest absolute Gasteiger partial charge is 0.366 e. The summed E-state index contributed by atoms with van der Waals surface area (Å²) in [5.41, 5.74) is 11.5. The molecule has 1 aromatic heterocycles. The van der Waals surface area contributed by atoms with Crippen LogP contribution in [0.4, 0.5) is 0 Å². The van der Waals surface area contributed by atoms with Gasteiger partial charge in [-0.15, -0.1) is 0 Å². The molecule has 1 heterocycles. The molecule has 3 rings (SSSR count). The molecule has 3 aromatic rings.